The molecule has 1 N–H and O–H groups in total. The van der Waals surface area contributed by atoms with Crippen LogP contribution in [0.15, 0.2) is 0 Å². The Kier molecular flexibility index (Phi) is 6.96. The predicted octanol–water partition coefficient (Wildman–Crippen LogP) is 2.39. The molecule has 0 aromatic carbocycles. The third-order valence-electron chi connectivity index (χ3n) is 1.69. The zero-order valence-electron chi connectivity index (χ0n) is 9.26. The summed E-state index contributed by atoms with van der Waals surface area (Å²) in [6.07, 6.45) is 2.31. The minimum absolute atomic E-state index is 0.434. The fraction of sp³-hybridized carbons (Fsp3) is 0.900. The Morgan fingerprint density at radius 1 is 1.23 bits per heavy atom. The molecule has 0 atom stereocenters. The van der Waals surface area contributed by atoms with Crippen molar-refractivity contribution in [2.24, 2.45) is 0 Å². The topological polar surface area (TPSA) is 15.3 Å². The minimum Gasteiger partial charge on any atom is -0.360 e. The van der Waals surface area contributed by atoms with Crippen LogP contribution in [0.1, 0.15) is 40.5 Å². The molecule has 0 spiro atoms. The van der Waals surface area contributed by atoms with Crippen molar-refractivity contribution in [3.63, 3.8) is 0 Å². The monoisotopic (exact) mass is 202 g/mol. The Labute approximate surface area is 87.7 Å². The fourth-order valence-electron chi connectivity index (χ4n) is 1.19. The molecule has 0 heterocycles. The normalized spacial score (nSPS) is 10.2. The molecule has 0 aromatic rings. The van der Waals surface area contributed by atoms with Crippen molar-refractivity contribution in [1.82, 2.24) is 10.2 Å². The Balaban J connectivity index is 3.95. The molecule has 0 aliphatic carbocycles. The second kappa shape index (κ2) is 7.13. The van der Waals surface area contributed by atoms with Gasteiger partial charge in [0.2, 0.25) is 0 Å². The average Bonchev–Trinajstić information content (AvgIpc) is 2.02. The molecule has 0 radical (unpaired) electrons. The Bertz CT molecular complexity index is 140. The van der Waals surface area contributed by atoms with Crippen molar-refractivity contribution in [2.45, 2.75) is 46.6 Å². The molecule has 0 rings (SSSR count). The Morgan fingerprint density at radius 2 is 1.69 bits per heavy atom. The highest BCUT2D eigenvalue weighted by Crippen LogP contribution is 1.96. The van der Waals surface area contributed by atoms with Gasteiger partial charge in [-0.1, -0.05) is 13.8 Å². The van der Waals surface area contributed by atoms with Crippen molar-refractivity contribution in [3.05, 3.63) is 0 Å². The smallest absolute Gasteiger partial charge is 0.169 e. The van der Waals surface area contributed by atoms with Crippen LogP contribution in [0.5, 0.6) is 0 Å². The van der Waals surface area contributed by atoms with Crippen LogP contribution in [0.4, 0.5) is 0 Å². The van der Waals surface area contributed by atoms with Gasteiger partial charge in [0.25, 0.3) is 0 Å². The summed E-state index contributed by atoms with van der Waals surface area (Å²) >= 11 is 5.30. The summed E-state index contributed by atoms with van der Waals surface area (Å²) in [6.45, 7) is 10.7. The van der Waals surface area contributed by atoms with Gasteiger partial charge in [-0.25, -0.2) is 0 Å². The van der Waals surface area contributed by atoms with Gasteiger partial charge in [-0.2, -0.15) is 0 Å². The number of thiocarbonyl (C=S) groups is 1. The molecule has 78 valence electrons. The first kappa shape index (κ1) is 12.7. The predicted molar refractivity (Wildman–Crippen MR) is 63.0 cm³/mol. The lowest BCUT2D eigenvalue weighted by Crippen LogP contribution is -2.43. The lowest BCUT2D eigenvalue weighted by Gasteiger charge is -2.26. The van der Waals surface area contributed by atoms with E-state index in [0.717, 1.165) is 31.0 Å². The zero-order chi connectivity index (χ0) is 10.3. The first-order chi connectivity index (χ1) is 6.11. The SMILES string of the molecule is CCCN(CCC)C(=S)NC(C)C. The van der Waals surface area contributed by atoms with E-state index in [4.69, 9.17) is 12.2 Å². The van der Waals surface area contributed by atoms with Crippen LogP contribution in [-0.4, -0.2) is 29.1 Å². The second-order valence-corrected chi connectivity index (χ2v) is 3.98. The molecule has 0 unspecified atom stereocenters. The van der Waals surface area contributed by atoms with Crippen LogP contribution in [-0.2, 0) is 0 Å². The molecule has 0 saturated heterocycles. The Morgan fingerprint density at radius 3 is 2.00 bits per heavy atom. The van der Waals surface area contributed by atoms with E-state index in [1.165, 1.54) is 0 Å². The zero-order valence-corrected chi connectivity index (χ0v) is 10.1. The van der Waals surface area contributed by atoms with Gasteiger partial charge in [-0.15, -0.1) is 0 Å². The molecular formula is C10H22N2S. The maximum absolute atomic E-state index is 5.30. The van der Waals surface area contributed by atoms with E-state index in [-0.39, 0.29) is 0 Å². The molecule has 0 aliphatic heterocycles. The fourth-order valence-corrected chi connectivity index (χ4v) is 1.61. The third-order valence-corrected chi connectivity index (χ3v) is 2.06. The summed E-state index contributed by atoms with van der Waals surface area (Å²) in [6, 6.07) is 0.434. The van der Waals surface area contributed by atoms with E-state index in [0.29, 0.717) is 6.04 Å². The molecule has 0 aliphatic rings. The molecule has 0 fully saturated rings. The summed E-state index contributed by atoms with van der Waals surface area (Å²) in [4.78, 5) is 2.25. The van der Waals surface area contributed by atoms with Gasteiger partial charge in [0.15, 0.2) is 5.11 Å². The maximum Gasteiger partial charge on any atom is 0.169 e. The lowest BCUT2D eigenvalue weighted by molar-refractivity contribution is 0.405. The van der Waals surface area contributed by atoms with E-state index in [2.05, 4.69) is 37.9 Å². The first-order valence-corrected chi connectivity index (χ1v) is 5.58. The molecule has 0 bridgehead atoms. The molecule has 2 nitrogen and oxygen atoms in total. The molecule has 0 saturated carbocycles. The Hall–Kier alpha value is -0.310. The molecule has 0 aromatic heterocycles. The number of hydrogen-bond donors (Lipinski definition) is 1. The van der Waals surface area contributed by atoms with Crippen molar-refractivity contribution < 1.29 is 0 Å². The minimum atomic E-state index is 0.434. The molecule has 3 heteroatoms. The number of hydrogen-bond acceptors (Lipinski definition) is 1. The van der Waals surface area contributed by atoms with Crippen LogP contribution in [0.2, 0.25) is 0 Å². The van der Waals surface area contributed by atoms with Crippen LogP contribution >= 0.6 is 12.2 Å². The van der Waals surface area contributed by atoms with Gasteiger partial charge in [0.05, 0.1) is 0 Å². The van der Waals surface area contributed by atoms with Gasteiger partial charge in [0.1, 0.15) is 0 Å². The standard InChI is InChI=1S/C10H22N2S/c1-5-7-12(8-6-2)10(13)11-9(3)4/h9H,5-8H2,1-4H3,(H,11,13). The van der Waals surface area contributed by atoms with Crippen molar-refractivity contribution in [2.75, 3.05) is 13.1 Å². The molecular weight excluding hydrogens is 180 g/mol. The van der Waals surface area contributed by atoms with Gasteiger partial charge >= 0.3 is 0 Å². The number of nitrogens with one attached hydrogen (secondary N) is 1. The van der Waals surface area contributed by atoms with E-state index in [1.54, 1.807) is 0 Å². The summed E-state index contributed by atoms with van der Waals surface area (Å²) in [5.41, 5.74) is 0. The van der Waals surface area contributed by atoms with E-state index < -0.39 is 0 Å². The molecule has 13 heavy (non-hydrogen) atoms. The summed E-state index contributed by atoms with van der Waals surface area (Å²) in [5, 5.41) is 4.17. The molecule has 0 amide bonds. The third kappa shape index (κ3) is 5.86. The number of nitrogens with zero attached hydrogens (tertiary/aromatic N) is 1. The van der Waals surface area contributed by atoms with E-state index >= 15 is 0 Å². The first-order valence-electron chi connectivity index (χ1n) is 5.17. The number of rotatable bonds is 5. The van der Waals surface area contributed by atoms with E-state index in [1.807, 2.05) is 0 Å². The maximum atomic E-state index is 5.30. The van der Waals surface area contributed by atoms with Crippen LogP contribution in [0.25, 0.3) is 0 Å². The summed E-state index contributed by atoms with van der Waals surface area (Å²) in [7, 11) is 0. The van der Waals surface area contributed by atoms with Crippen LogP contribution < -0.4 is 5.32 Å². The second-order valence-electron chi connectivity index (χ2n) is 3.59. The van der Waals surface area contributed by atoms with Gasteiger partial charge in [0, 0.05) is 19.1 Å². The summed E-state index contributed by atoms with van der Waals surface area (Å²) < 4.78 is 0. The van der Waals surface area contributed by atoms with E-state index in [9.17, 15) is 0 Å². The van der Waals surface area contributed by atoms with Crippen molar-refractivity contribution in [3.8, 4) is 0 Å². The van der Waals surface area contributed by atoms with Crippen LogP contribution in [0, 0.1) is 0 Å². The highest BCUT2D eigenvalue weighted by atomic mass is 32.1. The van der Waals surface area contributed by atoms with Crippen LogP contribution in [0.3, 0.4) is 0 Å². The highest BCUT2D eigenvalue weighted by Gasteiger charge is 2.07. The quantitative estimate of drug-likeness (QED) is 0.689. The average molecular weight is 202 g/mol. The lowest BCUT2D eigenvalue weighted by atomic mass is 10.3. The largest absolute Gasteiger partial charge is 0.360 e. The van der Waals surface area contributed by atoms with Gasteiger partial charge in [-0.05, 0) is 38.9 Å². The van der Waals surface area contributed by atoms with Gasteiger partial charge in [-0.3, -0.25) is 0 Å². The highest BCUT2D eigenvalue weighted by molar-refractivity contribution is 7.80. The van der Waals surface area contributed by atoms with Crippen molar-refractivity contribution in [1.29, 1.82) is 0 Å². The summed E-state index contributed by atoms with van der Waals surface area (Å²) in [5.74, 6) is 0. The van der Waals surface area contributed by atoms with Crippen molar-refractivity contribution >= 4 is 17.3 Å². The van der Waals surface area contributed by atoms with Gasteiger partial charge < -0.3 is 10.2 Å².